The van der Waals surface area contributed by atoms with Gasteiger partial charge < -0.3 is 14.3 Å². The van der Waals surface area contributed by atoms with E-state index in [4.69, 9.17) is 0 Å². The van der Waals surface area contributed by atoms with E-state index in [1.807, 2.05) is 0 Å². The molecule has 0 aliphatic rings. The van der Waals surface area contributed by atoms with Crippen LogP contribution in [0, 0.1) is 5.92 Å². The van der Waals surface area contributed by atoms with Gasteiger partial charge in [0.25, 0.3) is 0 Å². The maximum absolute atomic E-state index is 10.9. The van der Waals surface area contributed by atoms with Gasteiger partial charge in [-0.25, -0.2) is 0 Å². The summed E-state index contributed by atoms with van der Waals surface area (Å²) in [5.41, 5.74) is 0. The Morgan fingerprint density at radius 2 is 1.80 bits per heavy atom. The van der Waals surface area contributed by atoms with Crippen molar-refractivity contribution in [3.8, 4) is 0 Å². The molecule has 0 radical (unpaired) electrons. The Bertz CT molecular complexity index is 224. The van der Waals surface area contributed by atoms with Crippen molar-refractivity contribution in [2.75, 3.05) is 14.2 Å². The summed E-state index contributed by atoms with van der Waals surface area (Å²) in [6.45, 7) is 0. The van der Waals surface area contributed by atoms with Gasteiger partial charge in [-0.15, -0.1) is 0 Å². The highest BCUT2D eigenvalue weighted by Crippen LogP contribution is 2.11. The van der Waals surface area contributed by atoms with Gasteiger partial charge in [0.2, 0.25) is 0 Å². The van der Waals surface area contributed by atoms with Gasteiger partial charge in [-0.1, -0.05) is 0 Å². The average Bonchev–Trinajstić information content (AvgIpc) is 2.26. The Balaban J connectivity index is 3.75. The van der Waals surface area contributed by atoms with Crippen molar-refractivity contribution in [1.29, 1.82) is 0 Å². The number of aldehydes is 1. The number of rotatable bonds is 7. The van der Waals surface area contributed by atoms with Crippen molar-refractivity contribution in [3.63, 3.8) is 0 Å². The van der Waals surface area contributed by atoms with Gasteiger partial charge in [0.1, 0.15) is 6.29 Å². The quantitative estimate of drug-likeness (QED) is 0.463. The normalized spacial score (nSPS) is 11.6. The van der Waals surface area contributed by atoms with E-state index in [9.17, 15) is 14.4 Å². The smallest absolute Gasteiger partial charge is 0.306 e. The van der Waals surface area contributed by atoms with Crippen LogP contribution in [-0.2, 0) is 23.9 Å². The summed E-state index contributed by atoms with van der Waals surface area (Å²) in [5, 5.41) is 0. The summed E-state index contributed by atoms with van der Waals surface area (Å²) in [6, 6.07) is 0. The van der Waals surface area contributed by atoms with Gasteiger partial charge in [-0.2, -0.15) is 0 Å². The third-order valence-corrected chi connectivity index (χ3v) is 2.03. The number of hydrogen-bond acceptors (Lipinski definition) is 5. The fraction of sp³-hybridized carbons (Fsp3) is 0.700. The molecule has 0 amide bonds. The van der Waals surface area contributed by atoms with Crippen LogP contribution in [0.2, 0.25) is 0 Å². The van der Waals surface area contributed by atoms with Crippen molar-refractivity contribution in [1.82, 2.24) is 0 Å². The van der Waals surface area contributed by atoms with Crippen LogP contribution in [0.25, 0.3) is 0 Å². The SMILES string of the molecule is COC(=O)CCCC(C=O)CC(=O)OC. The molecule has 0 aliphatic carbocycles. The largest absolute Gasteiger partial charge is 0.469 e. The number of methoxy groups -OCH3 is 2. The molecule has 0 fully saturated rings. The molecule has 0 saturated heterocycles. The fourth-order valence-electron chi connectivity index (χ4n) is 1.13. The second-order valence-corrected chi connectivity index (χ2v) is 3.14. The number of carbonyl (C=O) groups excluding carboxylic acids is 3. The van der Waals surface area contributed by atoms with E-state index in [1.165, 1.54) is 14.2 Å². The molecule has 1 atom stereocenters. The van der Waals surface area contributed by atoms with E-state index < -0.39 is 5.97 Å². The summed E-state index contributed by atoms with van der Waals surface area (Å²) >= 11 is 0. The van der Waals surface area contributed by atoms with Crippen molar-refractivity contribution >= 4 is 18.2 Å². The summed E-state index contributed by atoms with van der Waals surface area (Å²) in [4.78, 5) is 32.2. The zero-order chi connectivity index (χ0) is 11.7. The minimum absolute atomic E-state index is 0.0706. The van der Waals surface area contributed by atoms with Gasteiger partial charge in [-0.3, -0.25) is 9.59 Å². The number of hydrogen-bond donors (Lipinski definition) is 0. The topological polar surface area (TPSA) is 69.7 Å². The predicted molar refractivity (Wildman–Crippen MR) is 52.1 cm³/mol. The monoisotopic (exact) mass is 216 g/mol. The Hall–Kier alpha value is -1.39. The molecule has 0 aromatic rings. The Kier molecular flexibility index (Phi) is 7.23. The standard InChI is InChI=1S/C10H16O5/c1-14-9(12)5-3-4-8(7-11)6-10(13)15-2/h7-8H,3-6H2,1-2H3. The summed E-state index contributed by atoms with van der Waals surface area (Å²) < 4.78 is 8.89. The van der Waals surface area contributed by atoms with Crippen LogP contribution in [-0.4, -0.2) is 32.4 Å². The van der Waals surface area contributed by atoms with Crippen LogP contribution in [0.1, 0.15) is 25.7 Å². The molecule has 0 bridgehead atoms. The van der Waals surface area contributed by atoms with Crippen molar-refractivity contribution in [2.45, 2.75) is 25.7 Å². The molecule has 0 heterocycles. The lowest BCUT2D eigenvalue weighted by Crippen LogP contribution is -2.12. The summed E-state index contributed by atoms with van der Waals surface area (Å²) in [5.74, 6) is -1.09. The fourth-order valence-corrected chi connectivity index (χ4v) is 1.13. The second kappa shape index (κ2) is 7.96. The lowest BCUT2D eigenvalue weighted by Gasteiger charge is -2.07. The molecule has 1 unspecified atom stereocenters. The minimum Gasteiger partial charge on any atom is -0.469 e. The molecule has 0 N–H and O–H groups in total. The van der Waals surface area contributed by atoms with E-state index >= 15 is 0 Å². The maximum Gasteiger partial charge on any atom is 0.306 e. The highest BCUT2D eigenvalue weighted by atomic mass is 16.5. The number of ether oxygens (including phenoxy) is 2. The van der Waals surface area contributed by atoms with Crippen LogP contribution < -0.4 is 0 Å². The zero-order valence-corrected chi connectivity index (χ0v) is 9.02. The van der Waals surface area contributed by atoms with E-state index in [-0.39, 0.29) is 24.7 Å². The van der Waals surface area contributed by atoms with Crippen LogP contribution in [0.15, 0.2) is 0 Å². The zero-order valence-electron chi connectivity index (χ0n) is 9.02. The number of esters is 2. The van der Waals surface area contributed by atoms with Crippen molar-refractivity contribution in [2.24, 2.45) is 5.92 Å². The summed E-state index contributed by atoms with van der Waals surface area (Å²) in [7, 11) is 2.59. The van der Waals surface area contributed by atoms with Crippen molar-refractivity contribution in [3.05, 3.63) is 0 Å². The predicted octanol–water partition coefficient (Wildman–Crippen LogP) is 0.708. The van der Waals surface area contributed by atoms with Gasteiger partial charge in [0.05, 0.1) is 20.6 Å². The lowest BCUT2D eigenvalue weighted by molar-refractivity contribution is -0.142. The molecule has 5 nitrogen and oxygen atoms in total. The van der Waals surface area contributed by atoms with Gasteiger partial charge in [0.15, 0.2) is 0 Å². The molecule has 0 saturated carbocycles. The van der Waals surface area contributed by atoms with Crippen LogP contribution in [0.4, 0.5) is 0 Å². The van der Waals surface area contributed by atoms with Crippen molar-refractivity contribution < 1.29 is 23.9 Å². The Labute approximate surface area is 88.7 Å². The third-order valence-electron chi connectivity index (χ3n) is 2.03. The first-order valence-corrected chi connectivity index (χ1v) is 4.73. The molecule has 5 heteroatoms. The van der Waals surface area contributed by atoms with Crippen LogP contribution >= 0.6 is 0 Å². The van der Waals surface area contributed by atoms with Gasteiger partial charge in [-0.05, 0) is 12.8 Å². The Morgan fingerprint density at radius 1 is 1.20 bits per heavy atom. The average molecular weight is 216 g/mol. The molecule has 0 spiro atoms. The third kappa shape index (κ3) is 6.65. The maximum atomic E-state index is 10.9. The van der Waals surface area contributed by atoms with E-state index in [1.54, 1.807) is 0 Å². The highest BCUT2D eigenvalue weighted by molar-refractivity contribution is 5.73. The summed E-state index contributed by atoms with van der Waals surface area (Å²) in [6.07, 6.45) is 2.08. The van der Waals surface area contributed by atoms with E-state index in [0.717, 1.165) is 0 Å². The molecule has 0 rings (SSSR count). The molecule has 86 valence electrons. The molecular formula is C10H16O5. The molecular weight excluding hydrogens is 200 g/mol. The minimum atomic E-state index is -0.412. The molecule has 0 aromatic carbocycles. The van der Waals surface area contributed by atoms with E-state index in [0.29, 0.717) is 19.1 Å². The van der Waals surface area contributed by atoms with E-state index in [2.05, 4.69) is 9.47 Å². The first-order chi connectivity index (χ1) is 7.13. The van der Waals surface area contributed by atoms with Crippen LogP contribution in [0.3, 0.4) is 0 Å². The first-order valence-electron chi connectivity index (χ1n) is 4.73. The first kappa shape index (κ1) is 13.6. The highest BCUT2D eigenvalue weighted by Gasteiger charge is 2.13. The number of carbonyl (C=O) groups is 3. The second-order valence-electron chi connectivity index (χ2n) is 3.14. The molecule has 0 aromatic heterocycles. The molecule has 0 aliphatic heterocycles. The van der Waals surface area contributed by atoms with Gasteiger partial charge >= 0.3 is 11.9 Å². The molecule has 15 heavy (non-hydrogen) atoms. The Morgan fingerprint density at radius 3 is 2.27 bits per heavy atom. The lowest BCUT2D eigenvalue weighted by atomic mass is 10.0. The van der Waals surface area contributed by atoms with Gasteiger partial charge in [0, 0.05) is 12.3 Å². The van der Waals surface area contributed by atoms with Crippen LogP contribution in [0.5, 0.6) is 0 Å².